The minimum Gasteiger partial charge on any atom is -0.493 e. The highest BCUT2D eigenvalue weighted by Crippen LogP contribution is 2.37. The number of nitrogens with one attached hydrogen (secondary N) is 1. The maximum Gasteiger partial charge on any atom is 0.261 e. The molecule has 4 rings (SSSR count). The molecular weight excluding hydrogens is 470 g/mol. The van der Waals surface area contributed by atoms with Gasteiger partial charge in [-0.25, -0.2) is 8.42 Å². The number of nitrogens with zero attached hydrogens (tertiary/aromatic N) is 2. The SMILES string of the molecule is CCc1noc(C)c1C(=O)Nc1cc(S(=O)(=O)N2CCCCC2)ccc1Oc1ccccc1OC. The third kappa shape index (κ3) is 5.18. The number of methoxy groups -OCH3 is 1. The number of ether oxygens (including phenoxy) is 2. The molecule has 35 heavy (non-hydrogen) atoms. The highest BCUT2D eigenvalue weighted by atomic mass is 32.2. The molecule has 0 saturated carbocycles. The molecule has 1 aliphatic rings. The van der Waals surface area contributed by atoms with Crippen LogP contribution in [0.2, 0.25) is 0 Å². The molecule has 0 bridgehead atoms. The van der Waals surface area contributed by atoms with Crippen LogP contribution in [0.25, 0.3) is 0 Å². The van der Waals surface area contributed by atoms with Crippen molar-refractivity contribution in [2.75, 3.05) is 25.5 Å². The smallest absolute Gasteiger partial charge is 0.261 e. The van der Waals surface area contributed by atoms with E-state index >= 15 is 0 Å². The van der Waals surface area contributed by atoms with Gasteiger partial charge in [0.1, 0.15) is 11.3 Å². The lowest BCUT2D eigenvalue weighted by Gasteiger charge is -2.26. The Hall–Kier alpha value is -3.37. The van der Waals surface area contributed by atoms with Gasteiger partial charge in [-0.3, -0.25) is 4.79 Å². The van der Waals surface area contributed by atoms with Crippen LogP contribution in [-0.4, -0.2) is 44.0 Å². The van der Waals surface area contributed by atoms with Crippen LogP contribution in [-0.2, 0) is 16.4 Å². The first-order valence-electron chi connectivity index (χ1n) is 11.6. The quantitative estimate of drug-likeness (QED) is 0.475. The standard InChI is InChI=1S/C25H29N3O6S/c1-4-19-24(17(2)34-27-19)25(29)26-20-16-18(35(30,31)28-14-8-5-9-15-28)12-13-21(20)33-23-11-7-6-10-22(23)32-3/h6-7,10-13,16H,4-5,8-9,14-15H2,1-3H3,(H,26,29). The monoisotopic (exact) mass is 499 g/mol. The van der Waals surface area contributed by atoms with Crippen molar-refractivity contribution in [3.05, 3.63) is 59.5 Å². The van der Waals surface area contributed by atoms with E-state index in [0.717, 1.165) is 19.3 Å². The van der Waals surface area contributed by atoms with Crippen LogP contribution in [0.15, 0.2) is 51.9 Å². The number of rotatable bonds is 8. The number of sulfonamides is 1. The molecule has 1 aliphatic heterocycles. The fraction of sp³-hybridized carbons (Fsp3) is 0.360. The van der Waals surface area contributed by atoms with Crippen molar-refractivity contribution in [1.82, 2.24) is 9.46 Å². The van der Waals surface area contributed by atoms with Crippen molar-refractivity contribution in [2.45, 2.75) is 44.4 Å². The first-order valence-corrected chi connectivity index (χ1v) is 13.0. The summed E-state index contributed by atoms with van der Waals surface area (Å²) in [4.78, 5) is 13.3. The van der Waals surface area contributed by atoms with Crippen LogP contribution < -0.4 is 14.8 Å². The molecule has 0 unspecified atom stereocenters. The third-order valence-corrected chi connectivity index (χ3v) is 7.83. The molecule has 1 fully saturated rings. The number of para-hydroxylation sites is 2. The molecule has 10 heteroatoms. The number of carbonyl (C=O) groups is 1. The molecule has 0 aliphatic carbocycles. The maximum absolute atomic E-state index is 13.3. The number of carbonyl (C=O) groups excluding carboxylic acids is 1. The van der Waals surface area contributed by atoms with Crippen LogP contribution in [0.4, 0.5) is 5.69 Å². The zero-order valence-electron chi connectivity index (χ0n) is 20.0. The highest BCUT2D eigenvalue weighted by Gasteiger charge is 2.28. The second-order valence-corrected chi connectivity index (χ2v) is 10.2. The summed E-state index contributed by atoms with van der Waals surface area (Å²) in [5.74, 6) is 1.11. The van der Waals surface area contributed by atoms with Crippen LogP contribution >= 0.6 is 0 Å². The van der Waals surface area contributed by atoms with Crippen molar-refractivity contribution < 1.29 is 27.2 Å². The van der Waals surface area contributed by atoms with Gasteiger partial charge in [0.05, 0.1) is 23.4 Å². The van der Waals surface area contributed by atoms with Crippen molar-refractivity contribution in [1.29, 1.82) is 0 Å². The number of hydrogen-bond acceptors (Lipinski definition) is 7. The van der Waals surface area contributed by atoms with Gasteiger partial charge in [0.15, 0.2) is 17.2 Å². The highest BCUT2D eigenvalue weighted by molar-refractivity contribution is 7.89. The average molecular weight is 500 g/mol. The molecule has 0 radical (unpaired) electrons. The molecule has 2 aromatic carbocycles. The van der Waals surface area contributed by atoms with Gasteiger partial charge >= 0.3 is 0 Å². The van der Waals surface area contributed by atoms with E-state index in [0.29, 0.717) is 48.0 Å². The molecule has 1 amide bonds. The molecule has 0 spiro atoms. The summed E-state index contributed by atoms with van der Waals surface area (Å²) >= 11 is 0. The Morgan fingerprint density at radius 2 is 1.80 bits per heavy atom. The first-order chi connectivity index (χ1) is 16.8. The summed E-state index contributed by atoms with van der Waals surface area (Å²) in [7, 11) is -2.20. The summed E-state index contributed by atoms with van der Waals surface area (Å²) in [6, 6.07) is 11.5. The predicted molar refractivity (Wildman–Crippen MR) is 131 cm³/mol. The largest absolute Gasteiger partial charge is 0.493 e. The van der Waals surface area contributed by atoms with Gasteiger partial charge in [-0.2, -0.15) is 4.31 Å². The molecule has 1 N–H and O–H groups in total. The van der Waals surface area contributed by atoms with Gasteiger partial charge in [-0.05, 0) is 56.5 Å². The van der Waals surface area contributed by atoms with Crippen molar-refractivity contribution >= 4 is 21.6 Å². The van der Waals surface area contributed by atoms with E-state index in [1.165, 1.54) is 23.5 Å². The second-order valence-electron chi connectivity index (χ2n) is 8.24. The Labute approximate surface area is 205 Å². The summed E-state index contributed by atoms with van der Waals surface area (Å²) in [6.07, 6.45) is 3.17. The molecule has 0 atom stereocenters. The summed E-state index contributed by atoms with van der Waals surface area (Å²) in [5, 5.41) is 6.76. The number of amides is 1. The average Bonchev–Trinajstić information content (AvgIpc) is 3.26. The van der Waals surface area contributed by atoms with E-state index in [4.69, 9.17) is 14.0 Å². The zero-order chi connectivity index (χ0) is 25.0. The van der Waals surface area contributed by atoms with Crippen molar-refractivity contribution in [3.63, 3.8) is 0 Å². The van der Waals surface area contributed by atoms with Gasteiger partial charge in [0.2, 0.25) is 10.0 Å². The summed E-state index contributed by atoms with van der Waals surface area (Å²) in [6.45, 7) is 4.48. The third-order valence-electron chi connectivity index (χ3n) is 5.94. The zero-order valence-corrected chi connectivity index (χ0v) is 20.9. The van der Waals surface area contributed by atoms with Crippen LogP contribution in [0.1, 0.15) is 48.0 Å². The van der Waals surface area contributed by atoms with E-state index in [-0.39, 0.29) is 16.3 Å². The lowest BCUT2D eigenvalue weighted by molar-refractivity contribution is 0.102. The minimum atomic E-state index is -3.73. The minimum absolute atomic E-state index is 0.0832. The van der Waals surface area contributed by atoms with Crippen LogP contribution in [0.5, 0.6) is 17.2 Å². The first kappa shape index (κ1) is 24.7. The normalized spacial score (nSPS) is 14.5. The predicted octanol–water partition coefficient (Wildman–Crippen LogP) is 4.77. The summed E-state index contributed by atoms with van der Waals surface area (Å²) in [5.41, 5.74) is 1.05. The number of piperidine rings is 1. The van der Waals surface area contributed by atoms with E-state index in [1.54, 1.807) is 31.2 Å². The summed E-state index contributed by atoms with van der Waals surface area (Å²) < 4.78 is 44.7. The molecule has 1 aromatic heterocycles. The second kappa shape index (κ2) is 10.5. The molecule has 9 nitrogen and oxygen atoms in total. The lowest BCUT2D eigenvalue weighted by Crippen LogP contribution is -2.35. The van der Waals surface area contributed by atoms with Gasteiger partial charge in [0.25, 0.3) is 5.91 Å². The van der Waals surface area contributed by atoms with Crippen LogP contribution in [0, 0.1) is 6.92 Å². The molecule has 3 aromatic rings. The Morgan fingerprint density at radius 1 is 1.09 bits per heavy atom. The molecule has 1 saturated heterocycles. The van der Waals surface area contributed by atoms with Gasteiger partial charge in [-0.1, -0.05) is 30.6 Å². The Bertz CT molecular complexity index is 1310. The van der Waals surface area contributed by atoms with Crippen molar-refractivity contribution in [3.8, 4) is 17.2 Å². The van der Waals surface area contributed by atoms with Gasteiger partial charge in [0, 0.05) is 13.1 Å². The van der Waals surface area contributed by atoms with E-state index < -0.39 is 15.9 Å². The van der Waals surface area contributed by atoms with Crippen LogP contribution in [0.3, 0.4) is 0 Å². The molecule has 2 heterocycles. The lowest BCUT2D eigenvalue weighted by atomic mass is 10.1. The van der Waals surface area contributed by atoms with Gasteiger partial charge < -0.3 is 19.3 Å². The fourth-order valence-corrected chi connectivity index (χ4v) is 5.61. The maximum atomic E-state index is 13.3. The Balaban J connectivity index is 1.74. The topological polar surface area (TPSA) is 111 Å². The Kier molecular flexibility index (Phi) is 7.42. The number of anilines is 1. The number of benzene rings is 2. The van der Waals surface area contributed by atoms with Crippen molar-refractivity contribution in [2.24, 2.45) is 0 Å². The number of aromatic nitrogens is 1. The van der Waals surface area contributed by atoms with Gasteiger partial charge in [-0.15, -0.1) is 0 Å². The molecule has 186 valence electrons. The molecular formula is C25H29N3O6S. The number of aryl methyl sites for hydroxylation is 2. The van der Waals surface area contributed by atoms with E-state index in [2.05, 4.69) is 10.5 Å². The van der Waals surface area contributed by atoms with E-state index in [9.17, 15) is 13.2 Å². The fourth-order valence-electron chi connectivity index (χ4n) is 4.07. The number of hydrogen-bond donors (Lipinski definition) is 1. The van der Waals surface area contributed by atoms with E-state index in [1.807, 2.05) is 13.0 Å². The Morgan fingerprint density at radius 3 is 2.49 bits per heavy atom.